The third kappa shape index (κ3) is 4.24. The molecule has 1 fully saturated rings. The van der Waals surface area contributed by atoms with Crippen molar-refractivity contribution in [3.05, 3.63) is 107 Å². The van der Waals surface area contributed by atoms with Gasteiger partial charge >= 0.3 is 5.97 Å². The highest BCUT2D eigenvalue weighted by atomic mass is 19.1. The molecule has 172 valence electrons. The normalized spacial score (nSPS) is 14.5. The third-order valence-corrected chi connectivity index (χ3v) is 6.57. The highest BCUT2D eigenvalue weighted by molar-refractivity contribution is 6.04. The van der Waals surface area contributed by atoms with Crippen molar-refractivity contribution in [3.63, 3.8) is 0 Å². The van der Waals surface area contributed by atoms with Crippen molar-refractivity contribution in [2.75, 3.05) is 0 Å². The Morgan fingerprint density at radius 2 is 1.86 bits per heavy atom. The molecule has 3 aromatic carbocycles. The molecule has 0 atom stereocenters. The summed E-state index contributed by atoms with van der Waals surface area (Å²) in [6.07, 6.45) is 7.22. The van der Waals surface area contributed by atoms with Crippen LogP contribution in [0.25, 0.3) is 28.1 Å². The van der Waals surface area contributed by atoms with E-state index in [4.69, 9.17) is 5.11 Å². The summed E-state index contributed by atoms with van der Waals surface area (Å²) < 4.78 is 15.2. The maximum Gasteiger partial charge on any atom is 0.328 e. The van der Waals surface area contributed by atoms with Gasteiger partial charge in [0, 0.05) is 22.6 Å². The second kappa shape index (κ2) is 9.40. The summed E-state index contributed by atoms with van der Waals surface area (Å²) in [6, 6.07) is 20.4. The largest absolute Gasteiger partial charge is 0.478 e. The van der Waals surface area contributed by atoms with E-state index in [0.29, 0.717) is 16.5 Å². The van der Waals surface area contributed by atoms with Gasteiger partial charge < -0.3 is 5.11 Å². The van der Waals surface area contributed by atoms with Crippen LogP contribution in [0.4, 0.5) is 4.39 Å². The lowest BCUT2D eigenvalue weighted by Gasteiger charge is -2.32. The fourth-order valence-electron chi connectivity index (χ4n) is 4.67. The zero-order valence-electron chi connectivity index (χ0n) is 18.8. The summed E-state index contributed by atoms with van der Waals surface area (Å²) in [6.45, 7) is 0. The van der Waals surface area contributed by atoms with Gasteiger partial charge in [0.2, 0.25) is 0 Å². The Labute approximate surface area is 201 Å². The fourth-order valence-corrected chi connectivity index (χ4v) is 4.67. The number of benzene rings is 3. The molecule has 1 aliphatic rings. The predicted molar refractivity (Wildman–Crippen MR) is 134 cm³/mol. The molecule has 35 heavy (non-hydrogen) atoms. The first-order chi connectivity index (χ1) is 17.1. The molecule has 6 heteroatoms. The molecule has 1 saturated carbocycles. The first kappa shape index (κ1) is 22.3. The molecule has 2 N–H and O–H groups in total. The number of H-pyrrole nitrogens is 1. The van der Waals surface area contributed by atoms with Crippen molar-refractivity contribution < 1.29 is 14.3 Å². The van der Waals surface area contributed by atoms with E-state index in [2.05, 4.69) is 16.3 Å². The Morgan fingerprint density at radius 1 is 1.09 bits per heavy atom. The second-order valence-electron chi connectivity index (χ2n) is 8.62. The maximum atomic E-state index is 15.2. The van der Waals surface area contributed by atoms with Crippen LogP contribution in [0.2, 0.25) is 0 Å². The Kier molecular flexibility index (Phi) is 5.99. The number of aliphatic carboxylic acids is 1. The number of nitrogens with one attached hydrogen (secondary N) is 1. The summed E-state index contributed by atoms with van der Waals surface area (Å²) in [5.74, 6) is -1.15. The number of hydrogen-bond acceptors (Lipinski definition) is 3. The van der Waals surface area contributed by atoms with Gasteiger partial charge in [0.1, 0.15) is 11.9 Å². The zero-order valence-corrected chi connectivity index (χ0v) is 18.8. The first-order valence-corrected chi connectivity index (χ1v) is 11.4. The third-order valence-electron chi connectivity index (χ3n) is 6.57. The van der Waals surface area contributed by atoms with Gasteiger partial charge in [-0.1, -0.05) is 55.0 Å². The molecule has 1 heterocycles. The number of halogens is 1. The number of hydrogen-bond donors (Lipinski definition) is 2. The Bertz CT molecular complexity index is 1520. The predicted octanol–water partition coefficient (Wildman–Crippen LogP) is 6.43. The van der Waals surface area contributed by atoms with E-state index < -0.39 is 5.97 Å². The second-order valence-corrected chi connectivity index (χ2v) is 8.62. The summed E-state index contributed by atoms with van der Waals surface area (Å²) in [7, 11) is 0. The van der Waals surface area contributed by atoms with Gasteiger partial charge in [0.05, 0.1) is 17.3 Å². The molecule has 5 rings (SSSR count). The van der Waals surface area contributed by atoms with Crippen LogP contribution in [0.5, 0.6) is 0 Å². The van der Waals surface area contributed by atoms with Crippen molar-refractivity contribution in [1.29, 1.82) is 5.26 Å². The molecule has 1 aromatic heterocycles. The number of nitriles is 1. The smallest absolute Gasteiger partial charge is 0.328 e. The molecule has 0 saturated heterocycles. The molecule has 4 aromatic rings. The van der Waals surface area contributed by atoms with Crippen LogP contribution in [0.1, 0.15) is 47.1 Å². The van der Waals surface area contributed by atoms with E-state index in [1.54, 1.807) is 18.3 Å². The van der Waals surface area contributed by atoms with Crippen LogP contribution in [0.15, 0.2) is 72.9 Å². The topological polar surface area (TPSA) is 89.8 Å². The molecule has 1 aliphatic carbocycles. The van der Waals surface area contributed by atoms with E-state index in [1.807, 2.05) is 42.5 Å². The summed E-state index contributed by atoms with van der Waals surface area (Å²) in [5, 5.41) is 26.8. The van der Waals surface area contributed by atoms with E-state index in [1.165, 1.54) is 12.1 Å². The number of aromatic amines is 1. The van der Waals surface area contributed by atoms with Crippen LogP contribution < -0.4 is 0 Å². The van der Waals surface area contributed by atoms with E-state index >= 15 is 4.39 Å². The van der Waals surface area contributed by atoms with Crippen molar-refractivity contribution in [3.8, 4) is 6.07 Å². The molecule has 0 radical (unpaired) electrons. The molecule has 0 spiro atoms. The van der Waals surface area contributed by atoms with Gasteiger partial charge in [0.25, 0.3) is 0 Å². The van der Waals surface area contributed by atoms with Gasteiger partial charge in [-0.15, -0.1) is 0 Å². The van der Waals surface area contributed by atoms with Crippen molar-refractivity contribution in [1.82, 2.24) is 10.2 Å². The number of carboxylic acid groups (broad SMARTS) is 1. The van der Waals surface area contributed by atoms with Gasteiger partial charge in [-0.05, 0) is 59.2 Å². The lowest BCUT2D eigenvalue weighted by molar-refractivity contribution is -0.131. The quantitative estimate of drug-likeness (QED) is 0.255. The van der Waals surface area contributed by atoms with Crippen molar-refractivity contribution >= 4 is 34.1 Å². The number of rotatable bonds is 6. The summed E-state index contributed by atoms with van der Waals surface area (Å²) >= 11 is 0. The highest BCUT2D eigenvalue weighted by Crippen LogP contribution is 2.46. The number of carboxylic acids is 1. The standard InChI is InChI=1S/C29H22FN3O2/c30-25-7-2-1-6-22(25)29(19-4-3-5-19)28(20-11-8-18(9-12-20)10-15-27(34)35)21-13-14-26-24(17-32-33-26)23(21)16-31/h1-2,6-15,17,19H,3-5H2,(H,32,33)(H,34,35)/b15-10+,29-28?. The highest BCUT2D eigenvalue weighted by Gasteiger charge is 2.30. The SMILES string of the molecule is N#Cc1c(C(=C(c2ccccc2F)C2CCC2)c2ccc(/C=C/C(=O)O)cc2)ccc2[nH]ncc12. The van der Waals surface area contributed by atoms with E-state index in [-0.39, 0.29) is 11.7 Å². The maximum absolute atomic E-state index is 15.2. The minimum atomic E-state index is -1.02. The molecular weight excluding hydrogens is 441 g/mol. The minimum Gasteiger partial charge on any atom is -0.478 e. The number of nitrogens with zero attached hydrogens (tertiary/aromatic N) is 2. The van der Waals surface area contributed by atoms with Gasteiger partial charge in [0.15, 0.2) is 0 Å². The molecule has 0 unspecified atom stereocenters. The monoisotopic (exact) mass is 463 g/mol. The molecule has 0 bridgehead atoms. The van der Waals surface area contributed by atoms with Crippen molar-refractivity contribution in [2.24, 2.45) is 5.92 Å². The number of allylic oxidation sites excluding steroid dienone is 1. The number of carbonyl (C=O) groups is 1. The molecule has 0 amide bonds. The van der Waals surface area contributed by atoms with Gasteiger partial charge in [-0.25, -0.2) is 9.18 Å². The van der Waals surface area contributed by atoms with E-state index in [9.17, 15) is 10.1 Å². The lowest BCUT2D eigenvalue weighted by Crippen LogP contribution is -2.16. The zero-order chi connectivity index (χ0) is 24.4. The fraction of sp³-hybridized carbons (Fsp3) is 0.138. The van der Waals surface area contributed by atoms with Crippen LogP contribution in [-0.2, 0) is 4.79 Å². The van der Waals surface area contributed by atoms with Gasteiger partial charge in [-0.3, -0.25) is 5.10 Å². The summed E-state index contributed by atoms with van der Waals surface area (Å²) in [5.41, 5.74) is 5.78. The van der Waals surface area contributed by atoms with Crippen LogP contribution in [0.3, 0.4) is 0 Å². The number of aromatic nitrogens is 2. The van der Waals surface area contributed by atoms with Crippen LogP contribution >= 0.6 is 0 Å². The van der Waals surface area contributed by atoms with Gasteiger partial charge in [-0.2, -0.15) is 10.4 Å². The Hall–Kier alpha value is -4.50. The lowest BCUT2D eigenvalue weighted by atomic mass is 9.72. The number of fused-ring (bicyclic) bond motifs is 1. The van der Waals surface area contributed by atoms with E-state index in [0.717, 1.165) is 58.7 Å². The first-order valence-electron chi connectivity index (χ1n) is 11.4. The van der Waals surface area contributed by atoms with Crippen molar-refractivity contribution in [2.45, 2.75) is 19.3 Å². The van der Waals surface area contributed by atoms with Crippen LogP contribution in [0, 0.1) is 23.1 Å². The molecule has 0 aliphatic heterocycles. The van der Waals surface area contributed by atoms with Crippen LogP contribution in [-0.4, -0.2) is 21.3 Å². The molecule has 5 nitrogen and oxygen atoms in total. The molecular formula is C29H22FN3O2. The summed E-state index contributed by atoms with van der Waals surface area (Å²) in [4.78, 5) is 10.9. The Balaban J connectivity index is 1.81. The average Bonchev–Trinajstić information content (AvgIpc) is 3.31. The Morgan fingerprint density at radius 3 is 2.51 bits per heavy atom. The average molecular weight is 464 g/mol. The minimum absolute atomic E-state index is 0.167.